The van der Waals surface area contributed by atoms with Gasteiger partial charge in [-0.15, -0.1) is 0 Å². The van der Waals surface area contributed by atoms with Crippen LogP contribution in [-0.4, -0.2) is 64.3 Å². The number of hydrogen-bond acceptors (Lipinski definition) is 4. The van der Waals surface area contributed by atoms with Crippen LogP contribution in [0.5, 0.6) is 5.75 Å². The highest BCUT2D eigenvalue weighted by Crippen LogP contribution is 2.34. The van der Waals surface area contributed by atoms with E-state index in [-0.39, 0.29) is 0 Å². The zero-order chi connectivity index (χ0) is 18.2. The lowest BCUT2D eigenvalue weighted by Gasteiger charge is -2.21. The monoisotopic (exact) mass is 344 g/mol. The number of rotatable bonds is 9. The van der Waals surface area contributed by atoms with Crippen LogP contribution in [-0.2, 0) is 4.74 Å². The molecule has 2 rings (SSSR count). The summed E-state index contributed by atoms with van der Waals surface area (Å²) in [5.74, 6) is 2.01. The molecule has 0 aliphatic heterocycles. The average Bonchev–Trinajstić information content (AvgIpc) is 2.56. The molecule has 0 fully saturated rings. The van der Waals surface area contributed by atoms with Crippen LogP contribution in [0, 0.1) is 6.92 Å². The van der Waals surface area contributed by atoms with E-state index < -0.39 is 0 Å². The minimum absolute atomic E-state index is 0.677. The van der Waals surface area contributed by atoms with E-state index in [1.54, 1.807) is 0 Å². The van der Waals surface area contributed by atoms with E-state index in [9.17, 15) is 0 Å². The molecule has 1 aromatic rings. The van der Waals surface area contributed by atoms with Gasteiger partial charge in [0.25, 0.3) is 0 Å². The molecule has 0 aromatic heterocycles. The fourth-order valence-electron chi connectivity index (χ4n) is 2.70. The van der Waals surface area contributed by atoms with E-state index in [0.29, 0.717) is 13.2 Å². The lowest BCUT2D eigenvalue weighted by atomic mass is 9.96. The predicted octanol–water partition coefficient (Wildman–Crippen LogP) is 3.57. The van der Waals surface area contributed by atoms with Gasteiger partial charge in [0, 0.05) is 30.6 Å². The molecule has 4 nitrogen and oxygen atoms in total. The van der Waals surface area contributed by atoms with Crippen LogP contribution < -0.4 is 4.74 Å². The summed E-state index contributed by atoms with van der Waals surface area (Å²) in [6.45, 7) is 5.32. The highest BCUT2D eigenvalue weighted by atomic mass is 16.5. The third-order valence-electron chi connectivity index (χ3n) is 4.16. The van der Waals surface area contributed by atoms with Gasteiger partial charge in [0.2, 0.25) is 0 Å². The normalized spacial score (nSPS) is 14.5. The maximum Gasteiger partial charge on any atom is 0.127 e. The number of allylic oxidation sites excluding steroid dienone is 4. The standard InChI is InChI=1S/C21H32N2O2/c1-17-10-11-21(25-15-13-23(4)5)19(16-17)18-8-6-7-9-20(18)24-14-12-22(2)3/h6,8,10-11,16H,7,9,12-15H2,1-5H3. The summed E-state index contributed by atoms with van der Waals surface area (Å²) in [5.41, 5.74) is 3.53. The SMILES string of the molecule is Cc1ccc(OCCN(C)C)c(C2=C(OCCN(C)C)CCC=C2)c1. The summed E-state index contributed by atoms with van der Waals surface area (Å²) in [7, 11) is 8.25. The highest BCUT2D eigenvalue weighted by Gasteiger charge is 2.16. The second-order valence-electron chi connectivity index (χ2n) is 7.08. The number of ether oxygens (including phenoxy) is 2. The molecule has 0 bridgehead atoms. The van der Waals surface area contributed by atoms with Crippen molar-refractivity contribution in [2.45, 2.75) is 19.8 Å². The van der Waals surface area contributed by atoms with Crippen LogP contribution in [0.25, 0.3) is 5.57 Å². The van der Waals surface area contributed by atoms with E-state index in [2.05, 4.69) is 75.3 Å². The van der Waals surface area contributed by atoms with Crippen LogP contribution >= 0.6 is 0 Å². The number of hydrogen-bond donors (Lipinski definition) is 0. The highest BCUT2D eigenvalue weighted by molar-refractivity contribution is 5.80. The number of benzene rings is 1. The summed E-state index contributed by atoms with van der Waals surface area (Å²) in [4.78, 5) is 4.27. The average molecular weight is 344 g/mol. The van der Waals surface area contributed by atoms with Gasteiger partial charge in [-0.25, -0.2) is 0 Å². The second-order valence-corrected chi connectivity index (χ2v) is 7.08. The Morgan fingerprint density at radius 3 is 2.32 bits per heavy atom. The Bertz CT molecular complexity index is 618. The van der Waals surface area contributed by atoms with Gasteiger partial charge < -0.3 is 19.3 Å². The van der Waals surface area contributed by atoms with Crippen molar-refractivity contribution < 1.29 is 9.47 Å². The minimum atomic E-state index is 0.677. The minimum Gasteiger partial charge on any atom is -0.496 e. The smallest absolute Gasteiger partial charge is 0.127 e. The Hall–Kier alpha value is -1.78. The van der Waals surface area contributed by atoms with Gasteiger partial charge in [0.15, 0.2) is 0 Å². The molecule has 0 saturated carbocycles. The molecule has 0 radical (unpaired) electrons. The molecular formula is C21H32N2O2. The second kappa shape index (κ2) is 9.64. The van der Waals surface area contributed by atoms with Crippen molar-refractivity contribution in [3.63, 3.8) is 0 Å². The zero-order valence-electron chi connectivity index (χ0n) is 16.3. The van der Waals surface area contributed by atoms with Crippen LogP contribution in [0.4, 0.5) is 0 Å². The molecule has 4 heteroatoms. The summed E-state index contributed by atoms with van der Waals surface area (Å²) >= 11 is 0. The number of aryl methyl sites for hydroxylation is 1. The predicted molar refractivity (Wildman–Crippen MR) is 105 cm³/mol. The molecule has 1 aromatic carbocycles. The molecule has 0 spiro atoms. The topological polar surface area (TPSA) is 24.9 Å². The Balaban J connectivity index is 2.24. The molecule has 25 heavy (non-hydrogen) atoms. The molecule has 0 heterocycles. The van der Waals surface area contributed by atoms with Crippen molar-refractivity contribution >= 4 is 5.57 Å². The molecule has 0 N–H and O–H groups in total. The molecule has 1 aliphatic carbocycles. The summed E-state index contributed by atoms with van der Waals surface area (Å²) < 4.78 is 12.2. The van der Waals surface area contributed by atoms with E-state index >= 15 is 0 Å². The lowest BCUT2D eigenvalue weighted by molar-refractivity contribution is 0.177. The Kier molecular flexibility index (Phi) is 7.53. The fourth-order valence-corrected chi connectivity index (χ4v) is 2.70. The van der Waals surface area contributed by atoms with Crippen LogP contribution in [0.1, 0.15) is 24.0 Å². The van der Waals surface area contributed by atoms with Crippen molar-refractivity contribution in [2.24, 2.45) is 0 Å². The third-order valence-corrected chi connectivity index (χ3v) is 4.16. The van der Waals surface area contributed by atoms with Crippen molar-refractivity contribution in [1.29, 1.82) is 0 Å². The van der Waals surface area contributed by atoms with E-state index in [4.69, 9.17) is 9.47 Å². The first-order valence-electron chi connectivity index (χ1n) is 9.03. The Morgan fingerprint density at radius 1 is 0.960 bits per heavy atom. The molecule has 0 unspecified atom stereocenters. The first kappa shape index (κ1) is 19.5. The lowest BCUT2D eigenvalue weighted by Crippen LogP contribution is -2.20. The first-order chi connectivity index (χ1) is 12.0. The van der Waals surface area contributed by atoms with Gasteiger partial charge in [0.1, 0.15) is 24.7 Å². The molecule has 1 aliphatic rings. The van der Waals surface area contributed by atoms with Gasteiger partial charge in [-0.1, -0.05) is 23.8 Å². The van der Waals surface area contributed by atoms with E-state index in [1.807, 2.05) is 0 Å². The molecular weight excluding hydrogens is 312 g/mol. The van der Waals surface area contributed by atoms with Crippen molar-refractivity contribution in [1.82, 2.24) is 9.80 Å². The third kappa shape index (κ3) is 6.22. The number of nitrogens with zero attached hydrogens (tertiary/aromatic N) is 2. The quantitative estimate of drug-likeness (QED) is 0.684. The first-order valence-corrected chi connectivity index (χ1v) is 9.03. The summed E-state index contributed by atoms with van der Waals surface area (Å²) in [6, 6.07) is 6.38. The van der Waals surface area contributed by atoms with Crippen molar-refractivity contribution in [2.75, 3.05) is 54.5 Å². The van der Waals surface area contributed by atoms with Crippen molar-refractivity contribution in [3.05, 3.63) is 47.2 Å². The fraction of sp³-hybridized carbons (Fsp3) is 0.524. The van der Waals surface area contributed by atoms with Gasteiger partial charge in [0.05, 0.1) is 0 Å². The summed E-state index contributed by atoms with van der Waals surface area (Å²) in [5, 5.41) is 0. The van der Waals surface area contributed by atoms with Gasteiger partial charge in [-0.05, 0) is 53.7 Å². The largest absolute Gasteiger partial charge is 0.496 e. The summed E-state index contributed by atoms with van der Waals surface area (Å²) in [6.07, 6.45) is 6.38. The Labute approximate surface area is 152 Å². The molecule has 138 valence electrons. The zero-order valence-corrected chi connectivity index (χ0v) is 16.3. The van der Waals surface area contributed by atoms with Gasteiger partial charge in [-0.3, -0.25) is 0 Å². The maximum absolute atomic E-state index is 6.12. The van der Waals surface area contributed by atoms with E-state index in [1.165, 1.54) is 5.56 Å². The van der Waals surface area contributed by atoms with Crippen LogP contribution in [0.3, 0.4) is 0 Å². The van der Waals surface area contributed by atoms with Crippen molar-refractivity contribution in [3.8, 4) is 5.75 Å². The number of likely N-dealkylation sites (N-methyl/N-ethyl adjacent to an activating group) is 2. The molecule has 0 amide bonds. The van der Waals surface area contributed by atoms with Gasteiger partial charge >= 0.3 is 0 Å². The van der Waals surface area contributed by atoms with Crippen LogP contribution in [0.15, 0.2) is 36.1 Å². The molecule has 0 saturated heterocycles. The Morgan fingerprint density at radius 2 is 1.64 bits per heavy atom. The van der Waals surface area contributed by atoms with Crippen LogP contribution in [0.2, 0.25) is 0 Å². The van der Waals surface area contributed by atoms with E-state index in [0.717, 1.165) is 48.6 Å². The van der Waals surface area contributed by atoms with Gasteiger partial charge in [-0.2, -0.15) is 0 Å². The molecule has 0 atom stereocenters. The maximum atomic E-state index is 6.12.